The second-order valence-electron chi connectivity index (χ2n) is 3.63. The third kappa shape index (κ3) is 1.80. The Kier molecular flexibility index (Phi) is 3.20. The van der Waals surface area contributed by atoms with Crippen LogP contribution in [0.15, 0.2) is 30.1 Å². The van der Waals surface area contributed by atoms with E-state index >= 15 is 0 Å². The molecule has 0 aliphatic carbocycles. The Morgan fingerprint density at radius 2 is 1.83 bits per heavy atom. The summed E-state index contributed by atoms with van der Waals surface area (Å²) in [6, 6.07) is 0. The highest BCUT2D eigenvalue weighted by molar-refractivity contribution is 6.33. The molecular weight excluding hydrogens is 254 g/mol. The van der Waals surface area contributed by atoms with E-state index in [-0.39, 0.29) is 16.8 Å². The molecule has 0 aromatic carbocycles. The highest BCUT2D eigenvalue weighted by atomic mass is 35.5. The summed E-state index contributed by atoms with van der Waals surface area (Å²) in [6.07, 6.45) is 3.21. The predicted molar refractivity (Wildman–Crippen MR) is 71.6 cm³/mol. The lowest BCUT2D eigenvalue weighted by Gasteiger charge is -2.00. The van der Waals surface area contributed by atoms with Crippen molar-refractivity contribution in [2.45, 2.75) is 13.1 Å². The van der Waals surface area contributed by atoms with Gasteiger partial charge in [0.2, 0.25) is 5.95 Å². The van der Waals surface area contributed by atoms with Crippen LogP contribution in [0.5, 0.6) is 0 Å². The summed E-state index contributed by atoms with van der Waals surface area (Å²) in [4.78, 5) is 20.1. The maximum atomic E-state index is 12.2. The molecule has 7 heteroatoms. The summed E-state index contributed by atoms with van der Waals surface area (Å²) in [5.41, 5.74) is 6.16. The van der Waals surface area contributed by atoms with Crippen LogP contribution in [0.2, 0.25) is 5.15 Å². The van der Waals surface area contributed by atoms with Crippen molar-refractivity contribution in [1.29, 1.82) is 0 Å². The van der Waals surface area contributed by atoms with Gasteiger partial charge >= 0.3 is 5.69 Å². The molecule has 94 valence electrons. The van der Waals surface area contributed by atoms with Gasteiger partial charge in [0.25, 0.3) is 0 Å². The molecule has 0 unspecified atom stereocenters. The fourth-order valence-corrected chi connectivity index (χ4v) is 2.05. The van der Waals surface area contributed by atoms with Gasteiger partial charge in [-0.05, 0) is 0 Å². The minimum Gasteiger partial charge on any atom is -0.368 e. The van der Waals surface area contributed by atoms with Crippen molar-refractivity contribution in [3.8, 4) is 0 Å². The molecule has 0 fully saturated rings. The van der Waals surface area contributed by atoms with E-state index in [0.29, 0.717) is 24.3 Å². The fourth-order valence-electron chi connectivity index (χ4n) is 1.78. The summed E-state index contributed by atoms with van der Waals surface area (Å²) in [5.74, 6) is 0.0288. The zero-order valence-corrected chi connectivity index (χ0v) is 10.4. The van der Waals surface area contributed by atoms with E-state index in [9.17, 15) is 4.79 Å². The molecule has 0 aliphatic rings. The van der Waals surface area contributed by atoms with Crippen molar-refractivity contribution in [2.75, 3.05) is 5.73 Å². The normalized spacial score (nSPS) is 10.7. The summed E-state index contributed by atoms with van der Waals surface area (Å²) < 4.78 is 2.89. The Bertz CT molecular complexity index is 685. The third-order valence-electron chi connectivity index (χ3n) is 2.45. The average molecular weight is 266 g/mol. The number of halogens is 1. The van der Waals surface area contributed by atoms with Crippen LogP contribution in [0.3, 0.4) is 0 Å². The number of hydrogen-bond donors (Lipinski definition) is 1. The number of anilines is 1. The number of nitrogens with two attached hydrogens (primary N) is 1. The second-order valence-corrected chi connectivity index (χ2v) is 3.98. The summed E-state index contributed by atoms with van der Waals surface area (Å²) in [7, 11) is 0. The zero-order valence-electron chi connectivity index (χ0n) is 9.64. The fraction of sp³-hybridized carbons (Fsp3) is 0.182. The molecule has 2 heterocycles. The van der Waals surface area contributed by atoms with E-state index in [4.69, 9.17) is 17.3 Å². The Labute approximate surface area is 108 Å². The van der Waals surface area contributed by atoms with Crippen LogP contribution in [0.25, 0.3) is 11.2 Å². The standard InChI is InChI=1S/C11H12ClN5O/c1-3-5-16-7-8(12)14-10(13)15-9(7)17(6-4-2)11(16)18/h3-4H,1-2,5-6H2,(H2,13,14,15). The van der Waals surface area contributed by atoms with Crippen molar-refractivity contribution in [1.82, 2.24) is 19.1 Å². The van der Waals surface area contributed by atoms with E-state index in [0.717, 1.165) is 0 Å². The lowest BCUT2D eigenvalue weighted by molar-refractivity contribution is 0.716. The van der Waals surface area contributed by atoms with Crippen LogP contribution in [0.1, 0.15) is 0 Å². The molecule has 2 rings (SSSR count). The van der Waals surface area contributed by atoms with Gasteiger partial charge in [-0.1, -0.05) is 23.8 Å². The number of nitrogen functional groups attached to an aromatic ring is 1. The van der Waals surface area contributed by atoms with Gasteiger partial charge in [0, 0.05) is 13.1 Å². The Morgan fingerprint density at radius 3 is 2.44 bits per heavy atom. The maximum absolute atomic E-state index is 12.2. The number of rotatable bonds is 4. The van der Waals surface area contributed by atoms with Crippen LogP contribution in [0.4, 0.5) is 5.95 Å². The van der Waals surface area contributed by atoms with E-state index in [1.165, 1.54) is 9.13 Å². The number of aromatic nitrogens is 4. The molecule has 0 aliphatic heterocycles. The van der Waals surface area contributed by atoms with Gasteiger partial charge in [0.1, 0.15) is 5.52 Å². The van der Waals surface area contributed by atoms with E-state index in [1.807, 2.05) is 0 Å². The SMILES string of the molecule is C=CCn1c(=O)n(CC=C)c2c(Cl)nc(N)nc21. The van der Waals surface area contributed by atoms with E-state index < -0.39 is 0 Å². The van der Waals surface area contributed by atoms with Crippen LogP contribution < -0.4 is 11.4 Å². The zero-order chi connectivity index (χ0) is 13.3. The maximum Gasteiger partial charge on any atom is 0.331 e. The molecule has 6 nitrogen and oxygen atoms in total. The van der Waals surface area contributed by atoms with Crippen LogP contribution >= 0.6 is 11.6 Å². The first-order chi connectivity index (χ1) is 8.60. The Morgan fingerprint density at radius 1 is 1.22 bits per heavy atom. The van der Waals surface area contributed by atoms with E-state index in [2.05, 4.69) is 23.1 Å². The summed E-state index contributed by atoms with van der Waals surface area (Å²) in [5, 5.41) is 0.152. The molecule has 2 aromatic heterocycles. The predicted octanol–water partition coefficient (Wildman–Crippen LogP) is 1.20. The van der Waals surface area contributed by atoms with Crippen molar-refractivity contribution in [3.63, 3.8) is 0 Å². The second kappa shape index (κ2) is 4.66. The smallest absolute Gasteiger partial charge is 0.331 e. The number of imidazole rings is 1. The Balaban J connectivity index is 2.91. The first kappa shape index (κ1) is 12.4. The van der Waals surface area contributed by atoms with Gasteiger partial charge in [-0.2, -0.15) is 9.97 Å². The molecule has 0 amide bonds. The van der Waals surface area contributed by atoms with Gasteiger partial charge in [0.05, 0.1) is 0 Å². The van der Waals surface area contributed by atoms with Gasteiger partial charge in [-0.3, -0.25) is 9.13 Å². The molecule has 2 aromatic rings. The van der Waals surface area contributed by atoms with Crippen LogP contribution in [-0.4, -0.2) is 19.1 Å². The van der Waals surface area contributed by atoms with Gasteiger partial charge in [0.15, 0.2) is 10.8 Å². The van der Waals surface area contributed by atoms with Crippen molar-refractivity contribution < 1.29 is 0 Å². The number of allylic oxidation sites excluding steroid dienone is 2. The largest absolute Gasteiger partial charge is 0.368 e. The monoisotopic (exact) mass is 265 g/mol. The Hall–Kier alpha value is -2.08. The lowest BCUT2D eigenvalue weighted by atomic mass is 10.5. The average Bonchev–Trinajstić information content (AvgIpc) is 2.56. The lowest BCUT2D eigenvalue weighted by Crippen LogP contribution is -2.23. The highest BCUT2D eigenvalue weighted by Gasteiger charge is 2.17. The first-order valence-corrected chi connectivity index (χ1v) is 5.61. The number of fused-ring (bicyclic) bond motifs is 1. The molecule has 0 radical (unpaired) electrons. The molecule has 0 spiro atoms. The van der Waals surface area contributed by atoms with Crippen LogP contribution in [-0.2, 0) is 13.1 Å². The summed E-state index contributed by atoms with van der Waals surface area (Å²) >= 11 is 6.02. The molecule has 2 N–H and O–H groups in total. The first-order valence-electron chi connectivity index (χ1n) is 5.24. The highest BCUT2D eigenvalue weighted by Crippen LogP contribution is 2.20. The number of nitrogens with zero attached hydrogens (tertiary/aromatic N) is 4. The third-order valence-corrected chi connectivity index (χ3v) is 2.71. The molecule has 0 atom stereocenters. The van der Waals surface area contributed by atoms with Gasteiger partial charge in [-0.15, -0.1) is 13.2 Å². The van der Waals surface area contributed by atoms with Crippen molar-refractivity contribution in [2.24, 2.45) is 0 Å². The molecule has 0 saturated carbocycles. The topological polar surface area (TPSA) is 78.7 Å². The quantitative estimate of drug-likeness (QED) is 0.665. The van der Waals surface area contributed by atoms with Gasteiger partial charge < -0.3 is 5.73 Å². The molecular formula is C11H12ClN5O. The van der Waals surface area contributed by atoms with Crippen LogP contribution in [0, 0.1) is 0 Å². The minimum absolute atomic E-state index is 0.0288. The molecule has 0 saturated heterocycles. The molecule has 18 heavy (non-hydrogen) atoms. The van der Waals surface area contributed by atoms with Crippen molar-refractivity contribution >= 4 is 28.7 Å². The number of hydrogen-bond acceptors (Lipinski definition) is 4. The van der Waals surface area contributed by atoms with Crippen molar-refractivity contribution in [3.05, 3.63) is 40.9 Å². The summed E-state index contributed by atoms with van der Waals surface area (Å²) in [6.45, 7) is 7.87. The molecule has 0 bridgehead atoms. The minimum atomic E-state index is -0.244. The van der Waals surface area contributed by atoms with Gasteiger partial charge in [-0.25, -0.2) is 4.79 Å². The van der Waals surface area contributed by atoms with E-state index in [1.54, 1.807) is 12.2 Å².